The summed E-state index contributed by atoms with van der Waals surface area (Å²) in [6.45, 7) is 2.18. The van der Waals surface area contributed by atoms with E-state index in [-0.39, 0.29) is 5.69 Å². The topological polar surface area (TPSA) is 83.6 Å². The second-order valence-electron chi connectivity index (χ2n) is 5.07. The molecule has 0 fully saturated rings. The third-order valence-electron chi connectivity index (χ3n) is 3.45. The molecule has 1 aromatic carbocycles. The number of rotatable bonds is 9. The summed E-state index contributed by atoms with van der Waals surface area (Å²) in [5, 5.41) is 29.8. The highest BCUT2D eigenvalue weighted by Gasteiger charge is 2.22. The van der Waals surface area contributed by atoms with Gasteiger partial charge in [0, 0.05) is 5.56 Å². The van der Waals surface area contributed by atoms with Crippen LogP contribution in [0.1, 0.15) is 57.4 Å². The van der Waals surface area contributed by atoms with Gasteiger partial charge in [0.05, 0.1) is 4.92 Å². The zero-order chi connectivity index (χ0) is 15.0. The molecule has 1 rings (SSSR count). The summed E-state index contributed by atoms with van der Waals surface area (Å²) in [5.41, 5.74) is 0.120. The van der Waals surface area contributed by atoms with E-state index in [2.05, 4.69) is 6.92 Å². The molecule has 0 radical (unpaired) electrons. The van der Waals surface area contributed by atoms with Crippen molar-refractivity contribution in [3.63, 3.8) is 0 Å². The summed E-state index contributed by atoms with van der Waals surface area (Å²) < 4.78 is 0. The maximum atomic E-state index is 10.9. The van der Waals surface area contributed by atoms with Crippen molar-refractivity contribution >= 4 is 5.69 Å². The van der Waals surface area contributed by atoms with Crippen molar-refractivity contribution in [2.45, 2.75) is 58.3 Å². The summed E-state index contributed by atoms with van der Waals surface area (Å²) in [7, 11) is 0. The Balaban J connectivity index is 2.48. The minimum Gasteiger partial charge on any atom is -0.504 e. The van der Waals surface area contributed by atoms with E-state index in [1.165, 1.54) is 37.8 Å². The van der Waals surface area contributed by atoms with Gasteiger partial charge in [0.1, 0.15) is 0 Å². The van der Waals surface area contributed by atoms with E-state index in [4.69, 9.17) is 0 Å². The van der Waals surface area contributed by atoms with Crippen LogP contribution in [0, 0.1) is 10.1 Å². The molecular weight excluding hydrogens is 258 g/mol. The Morgan fingerprint density at radius 1 is 1.05 bits per heavy atom. The highest BCUT2D eigenvalue weighted by atomic mass is 16.6. The number of aromatic hydroxyl groups is 2. The van der Waals surface area contributed by atoms with E-state index in [1.54, 1.807) is 0 Å². The summed E-state index contributed by atoms with van der Waals surface area (Å²) in [6, 6.07) is 2.82. The van der Waals surface area contributed by atoms with E-state index >= 15 is 0 Å². The number of nitro groups is 1. The van der Waals surface area contributed by atoms with E-state index in [0.29, 0.717) is 12.0 Å². The Kier molecular flexibility index (Phi) is 6.84. The quantitative estimate of drug-likeness (QED) is 0.306. The highest BCUT2D eigenvalue weighted by Crippen LogP contribution is 2.38. The monoisotopic (exact) mass is 281 g/mol. The normalized spacial score (nSPS) is 10.7. The molecule has 0 spiro atoms. The number of nitrogens with zero attached hydrogens (tertiary/aromatic N) is 1. The van der Waals surface area contributed by atoms with Crippen molar-refractivity contribution in [2.24, 2.45) is 0 Å². The van der Waals surface area contributed by atoms with E-state index in [1.807, 2.05) is 0 Å². The number of phenols is 2. The summed E-state index contributed by atoms with van der Waals surface area (Å²) in [4.78, 5) is 10.3. The van der Waals surface area contributed by atoms with Crippen LogP contribution in [-0.2, 0) is 6.42 Å². The molecule has 0 aromatic heterocycles. The smallest absolute Gasteiger partial charge is 0.317 e. The molecular formula is C15H23NO4. The fraction of sp³-hybridized carbons (Fsp3) is 0.600. The van der Waals surface area contributed by atoms with Crippen LogP contribution < -0.4 is 0 Å². The first-order valence-corrected chi connectivity index (χ1v) is 7.26. The molecule has 0 amide bonds. The Labute approximate surface area is 119 Å². The number of hydrogen-bond acceptors (Lipinski definition) is 4. The Hall–Kier alpha value is -1.78. The second kappa shape index (κ2) is 8.40. The SMILES string of the molecule is CCCCCCCCCc1ccc(O)c(O)c1[N+](=O)[O-]. The molecule has 0 aliphatic rings. The largest absolute Gasteiger partial charge is 0.504 e. The van der Waals surface area contributed by atoms with Gasteiger partial charge in [-0.15, -0.1) is 0 Å². The number of phenolic OH excluding ortho intramolecular Hbond substituents is 2. The van der Waals surface area contributed by atoms with Crippen LogP contribution in [0.2, 0.25) is 0 Å². The molecule has 20 heavy (non-hydrogen) atoms. The van der Waals surface area contributed by atoms with Crippen molar-refractivity contribution in [1.29, 1.82) is 0 Å². The Bertz CT molecular complexity index is 446. The number of unbranched alkanes of at least 4 members (excludes halogenated alkanes) is 6. The highest BCUT2D eigenvalue weighted by molar-refractivity contribution is 5.59. The van der Waals surface area contributed by atoms with Crippen LogP contribution in [0.25, 0.3) is 0 Å². The van der Waals surface area contributed by atoms with Gasteiger partial charge in [0.25, 0.3) is 0 Å². The minimum atomic E-state index is -0.633. The number of aryl methyl sites for hydroxylation is 1. The van der Waals surface area contributed by atoms with Crippen molar-refractivity contribution < 1.29 is 15.1 Å². The minimum absolute atomic E-state index is 0.365. The van der Waals surface area contributed by atoms with Gasteiger partial charge in [-0.3, -0.25) is 10.1 Å². The first-order valence-electron chi connectivity index (χ1n) is 7.26. The van der Waals surface area contributed by atoms with Crippen LogP contribution in [0.5, 0.6) is 11.5 Å². The van der Waals surface area contributed by atoms with E-state index < -0.39 is 16.4 Å². The second-order valence-corrected chi connectivity index (χ2v) is 5.07. The predicted molar refractivity (Wildman–Crippen MR) is 78.1 cm³/mol. The zero-order valence-electron chi connectivity index (χ0n) is 12.0. The molecule has 0 aliphatic heterocycles. The lowest BCUT2D eigenvalue weighted by Gasteiger charge is -2.06. The molecule has 0 atom stereocenters. The van der Waals surface area contributed by atoms with Gasteiger partial charge in [-0.2, -0.15) is 0 Å². The Morgan fingerprint density at radius 3 is 2.25 bits per heavy atom. The molecule has 0 saturated heterocycles. The first kappa shape index (κ1) is 16.3. The number of hydrogen-bond donors (Lipinski definition) is 2. The lowest BCUT2D eigenvalue weighted by atomic mass is 10.0. The van der Waals surface area contributed by atoms with Gasteiger partial charge >= 0.3 is 5.69 Å². The van der Waals surface area contributed by atoms with Crippen LogP contribution in [0.3, 0.4) is 0 Å². The summed E-state index contributed by atoms with van der Waals surface area (Å²) in [5.74, 6) is -1.07. The maximum Gasteiger partial charge on any atom is 0.317 e. The average Bonchev–Trinajstić information content (AvgIpc) is 2.41. The molecule has 2 N–H and O–H groups in total. The van der Waals surface area contributed by atoms with Gasteiger partial charge in [-0.05, 0) is 25.0 Å². The molecule has 0 unspecified atom stereocenters. The third-order valence-corrected chi connectivity index (χ3v) is 3.45. The summed E-state index contributed by atoms with van der Waals surface area (Å²) in [6.07, 6.45) is 8.51. The molecule has 0 bridgehead atoms. The van der Waals surface area contributed by atoms with Crippen molar-refractivity contribution in [1.82, 2.24) is 0 Å². The summed E-state index contributed by atoms with van der Waals surface area (Å²) >= 11 is 0. The standard InChI is InChI=1S/C15H23NO4/c1-2-3-4-5-6-7-8-9-12-10-11-13(17)15(18)14(12)16(19)20/h10-11,17-18H,2-9H2,1H3. The van der Waals surface area contributed by atoms with Crippen molar-refractivity contribution in [3.05, 3.63) is 27.8 Å². The lowest BCUT2D eigenvalue weighted by Crippen LogP contribution is -1.96. The average molecular weight is 281 g/mol. The van der Waals surface area contributed by atoms with Crippen LogP contribution in [0.4, 0.5) is 5.69 Å². The molecule has 5 nitrogen and oxygen atoms in total. The van der Waals surface area contributed by atoms with Gasteiger partial charge in [0.15, 0.2) is 5.75 Å². The fourth-order valence-corrected chi connectivity index (χ4v) is 2.29. The van der Waals surface area contributed by atoms with Crippen molar-refractivity contribution in [2.75, 3.05) is 0 Å². The van der Waals surface area contributed by atoms with E-state index in [0.717, 1.165) is 19.3 Å². The maximum absolute atomic E-state index is 10.9. The van der Waals surface area contributed by atoms with Crippen LogP contribution in [0.15, 0.2) is 12.1 Å². The van der Waals surface area contributed by atoms with Gasteiger partial charge in [0.2, 0.25) is 5.75 Å². The Morgan fingerprint density at radius 2 is 1.65 bits per heavy atom. The van der Waals surface area contributed by atoms with Crippen LogP contribution >= 0.6 is 0 Å². The van der Waals surface area contributed by atoms with Gasteiger partial charge < -0.3 is 10.2 Å². The molecule has 5 heteroatoms. The van der Waals surface area contributed by atoms with Gasteiger partial charge in [-0.25, -0.2) is 0 Å². The third kappa shape index (κ3) is 4.72. The molecule has 0 aliphatic carbocycles. The predicted octanol–water partition coefficient (Wildman–Crippen LogP) is 4.30. The molecule has 112 valence electrons. The van der Waals surface area contributed by atoms with Crippen molar-refractivity contribution in [3.8, 4) is 11.5 Å². The first-order chi connectivity index (χ1) is 9.57. The lowest BCUT2D eigenvalue weighted by molar-refractivity contribution is -0.386. The molecule has 0 heterocycles. The van der Waals surface area contributed by atoms with Crippen LogP contribution in [-0.4, -0.2) is 15.1 Å². The number of nitro benzene ring substituents is 1. The van der Waals surface area contributed by atoms with Gasteiger partial charge in [-0.1, -0.05) is 45.4 Å². The zero-order valence-corrected chi connectivity index (χ0v) is 12.0. The molecule has 0 saturated carbocycles. The van der Waals surface area contributed by atoms with E-state index in [9.17, 15) is 20.3 Å². The fourth-order valence-electron chi connectivity index (χ4n) is 2.29. The molecule has 1 aromatic rings. The number of benzene rings is 1.